The van der Waals surface area contributed by atoms with Gasteiger partial charge in [-0.15, -0.1) is 5.10 Å². The van der Waals surface area contributed by atoms with E-state index >= 15 is 0 Å². The number of nitrogens with zero attached hydrogens (tertiary/aromatic N) is 4. The van der Waals surface area contributed by atoms with E-state index in [4.69, 9.17) is 11.6 Å². The molecule has 1 saturated heterocycles. The molecule has 1 aliphatic rings. The van der Waals surface area contributed by atoms with Crippen LogP contribution >= 0.6 is 11.6 Å². The lowest BCUT2D eigenvalue weighted by Crippen LogP contribution is -2.48. The van der Waals surface area contributed by atoms with Crippen molar-refractivity contribution in [2.75, 3.05) is 6.54 Å². The van der Waals surface area contributed by atoms with Crippen molar-refractivity contribution >= 4 is 17.5 Å². The Labute approximate surface area is 139 Å². The maximum Gasteiger partial charge on any atom is 0.276 e. The van der Waals surface area contributed by atoms with Crippen LogP contribution in [0.3, 0.4) is 0 Å². The molecule has 3 rings (SSSR count). The second-order valence-electron chi connectivity index (χ2n) is 6.31. The topological polar surface area (TPSA) is 71.2 Å². The third-order valence-electron chi connectivity index (χ3n) is 4.08. The normalized spacial score (nSPS) is 18.4. The van der Waals surface area contributed by atoms with E-state index in [-0.39, 0.29) is 17.6 Å². The molecule has 6 nitrogen and oxygen atoms in total. The highest BCUT2D eigenvalue weighted by Crippen LogP contribution is 2.28. The molecule has 0 aliphatic carbocycles. The molecule has 1 fully saturated rings. The van der Waals surface area contributed by atoms with Gasteiger partial charge in [0.05, 0.1) is 23.5 Å². The highest BCUT2D eigenvalue weighted by atomic mass is 35.5. The summed E-state index contributed by atoms with van der Waals surface area (Å²) < 4.78 is 0. The molecule has 0 radical (unpaired) electrons. The first-order chi connectivity index (χ1) is 10.9. The zero-order valence-electron chi connectivity index (χ0n) is 13.1. The lowest BCUT2D eigenvalue weighted by molar-refractivity contribution is 0.000102. The van der Waals surface area contributed by atoms with Crippen LogP contribution < -0.4 is 0 Å². The summed E-state index contributed by atoms with van der Waals surface area (Å²) in [5.74, 6) is -0.206. The second kappa shape index (κ2) is 5.94. The summed E-state index contributed by atoms with van der Waals surface area (Å²) in [6, 6.07) is 6.90. The molecule has 1 aromatic carbocycles. The quantitative estimate of drug-likeness (QED) is 0.935. The minimum atomic E-state index is -0.935. The Hall–Kier alpha value is -1.92. The predicted octanol–water partition coefficient (Wildman–Crippen LogP) is 2.30. The van der Waals surface area contributed by atoms with Gasteiger partial charge in [0, 0.05) is 11.6 Å². The maximum atomic E-state index is 12.7. The van der Waals surface area contributed by atoms with Crippen molar-refractivity contribution in [3.05, 3.63) is 41.2 Å². The summed E-state index contributed by atoms with van der Waals surface area (Å²) >= 11 is 5.97. The summed E-state index contributed by atoms with van der Waals surface area (Å²) in [5.41, 5.74) is 0.0212. The zero-order chi connectivity index (χ0) is 16.6. The fourth-order valence-electron chi connectivity index (χ4n) is 2.98. The first-order valence-corrected chi connectivity index (χ1v) is 7.96. The van der Waals surface area contributed by atoms with E-state index in [1.807, 2.05) is 6.07 Å². The second-order valence-corrected chi connectivity index (χ2v) is 6.75. The summed E-state index contributed by atoms with van der Waals surface area (Å²) in [6.45, 7) is 4.08. The van der Waals surface area contributed by atoms with Gasteiger partial charge in [0.15, 0.2) is 5.69 Å². The van der Waals surface area contributed by atoms with Gasteiger partial charge >= 0.3 is 0 Å². The van der Waals surface area contributed by atoms with E-state index in [0.717, 1.165) is 12.8 Å². The molecular formula is C16H19ClN4O2. The molecule has 1 unspecified atom stereocenters. The molecule has 2 aromatic rings. The largest absolute Gasteiger partial charge is 0.388 e. The van der Waals surface area contributed by atoms with Crippen LogP contribution in [0.15, 0.2) is 30.5 Å². The first kappa shape index (κ1) is 16.0. The smallest absolute Gasteiger partial charge is 0.276 e. The summed E-state index contributed by atoms with van der Waals surface area (Å²) in [6.07, 6.45) is 3.11. The molecule has 7 heteroatoms. The number of amides is 1. The van der Waals surface area contributed by atoms with Crippen LogP contribution in [0.25, 0.3) is 5.69 Å². The number of halogens is 1. The van der Waals surface area contributed by atoms with Crippen molar-refractivity contribution in [3.63, 3.8) is 0 Å². The number of benzene rings is 1. The van der Waals surface area contributed by atoms with Crippen LogP contribution in [0.2, 0.25) is 5.02 Å². The molecule has 2 heterocycles. The first-order valence-electron chi connectivity index (χ1n) is 7.58. The van der Waals surface area contributed by atoms with Crippen molar-refractivity contribution < 1.29 is 9.90 Å². The third-order valence-corrected chi connectivity index (χ3v) is 4.31. The predicted molar refractivity (Wildman–Crippen MR) is 86.7 cm³/mol. The highest BCUT2D eigenvalue weighted by Gasteiger charge is 2.39. The average Bonchev–Trinajstić information content (AvgIpc) is 3.15. The van der Waals surface area contributed by atoms with Gasteiger partial charge in [0.1, 0.15) is 0 Å². The minimum absolute atomic E-state index is 0.202. The molecule has 1 aliphatic heterocycles. The molecule has 1 atom stereocenters. The lowest BCUT2D eigenvalue weighted by atomic mass is 9.96. The van der Waals surface area contributed by atoms with Gasteiger partial charge in [-0.25, -0.2) is 0 Å². The van der Waals surface area contributed by atoms with Crippen LogP contribution in [-0.4, -0.2) is 49.1 Å². The van der Waals surface area contributed by atoms with Crippen LogP contribution in [0.4, 0.5) is 0 Å². The minimum Gasteiger partial charge on any atom is -0.388 e. The van der Waals surface area contributed by atoms with Gasteiger partial charge in [0.2, 0.25) is 0 Å². The van der Waals surface area contributed by atoms with E-state index in [1.54, 1.807) is 36.9 Å². The number of hydrogen-bond acceptors (Lipinski definition) is 4. The number of aliphatic hydroxyl groups is 1. The molecule has 23 heavy (non-hydrogen) atoms. The number of hydrogen-bond donors (Lipinski definition) is 1. The lowest BCUT2D eigenvalue weighted by Gasteiger charge is -2.33. The summed E-state index contributed by atoms with van der Waals surface area (Å²) in [4.78, 5) is 15.8. The number of carbonyl (C=O) groups is 1. The maximum absolute atomic E-state index is 12.7. The van der Waals surface area contributed by atoms with Crippen LogP contribution in [0.5, 0.6) is 0 Å². The number of aromatic nitrogens is 3. The molecule has 0 spiro atoms. The van der Waals surface area contributed by atoms with E-state index in [1.165, 1.54) is 11.0 Å². The Morgan fingerprint density at radius 1 is 1.43 bits per heavy atom. The molecule has 1 N–H and O–H groups in total. The van der Waals surface area contributed by atoms with Crippen molar-refractivity contribution in [2.24, 2.45) is 0 Å². The highest BCUT2D eigenvalue weighted by molar-refractivity contribution is 6.30. The fraction of sp³-hybridized carbons (Fsp3) is 0.438. The van der Waals surface area contributed by atoms with Gasteiger partial charge in [-0.2, -0.15) is 9.90 Å². The van der Waals surface area contributed by atoms with Crippen molar-refractivity contribution in [1.82, 2.24) is 19.9 Å². The van der Waals surface area contributed by atoms with E-state index in [2.05, 4.69) is 10.2 Å². The fourth-order valence-corrected chi connectivity index (χ4v) is 3.16. The van der Waals surface area contributed by atoms with E-state index in [0.29, 0.717) is 17.3 Å². The van der Waals surface area contributed by atoms with Crippen LogP contribution in [0, 0.1) is 0 Å². The van der Waals surface area contributed by atoms with Crippen LogP contribution in [0.1, 0.15) is 37.2 Å². The average molecular weight is 335 g/mol. The zero-order valence-corrected chi connectivity index (χ0v) is 13.9. The Morgan fingerprint density at radius 2 is 2.22 bits per heavy atom. The molecule has 122 valence electrons. The molecule has 1 amide bonds. The SMILES string of the molecule is CC(C)(O)C1CCCN1C(=O)c1cnn(-c2cccc(Cl)c2)n1. The Morgan fingerprint density at radius 3 is 2.91 bits per heavy atom. The monoisotopic (exact) mass is 334 g/mol. The number of likely N-dealkylation sites (tertiary alicyclic amines) is 1. The Kier molecular flexibility index (Phi) is 4.12. The van der Waals surface area contributed by atoms with Gasteiger partial charge in [-0.3, -0.25) is 4.79 Å². The third kappa shape index (κ3) is 3.23. The standard InChI is InChI=1S/C16H19ClN4O2/c1-16(2,23)14-7-4-8-20(14)15(22)13-10-18-21(19-13)12-6-3-5-11(17)9-12/h3,5-6,9-10,14,23H,4,7-8H2,1-2H3. The van der Waals surface area contributed by atoms with E-state index in [9.17, 15) is 9.90 Å². The van der Waals surface area contributed by atoms with Gasteiger partial charge < -0.3 is 10.0 Å². The van der Waals surface area contributed by atoms with Crippen LogP contribution in [-0.2, 0) is 0 Å². The molecule has 1 aromatic heterocycles. The molecule has 0 bridgehead atoms. The number of carbonyl (C=O) groups excluding carboxylic acids is 1. The molecule has 0 saturated carbocycles. The molecular weight excluding hydrogens is 316 g/mol. The van der Waals surface area contributed by atoms with Gasteiger partial charge in [-0.05, 0) is 44.9 Å². The van der Waals surface area contributed by atoms with Gasteiger partial charge in [-0.1, -0.05) is 17.7 Å². The summed E-state index contributed by atoms with van der Waals surface area (Å²) in [7, 11) is 0. The van der Waals surface area contributed by atoms with Crippen molar-refractivity contribution in [3.8, 4) is 5.69 Å². The van der Waals surface area contributed by atoms with Crippen molar-refractivity contribution in [2.45, 2.75) is 38.3 Å². The van der Waals surface area contributed by atoms with Crippen molar-refractivity contribution in [1.29, 1.82) is 0 Å². The number of rotatable bonds is 3. The Bertz CT molecular complexity index is 723. The Balaban J connectivity index is 1.84. The van der Waals surface area contributed by atoms with Gasteiger partial charge in [0.25, 0.3) is 5.91 Å². The summed E-state index contributed by atoms with van der Waals surface area (Å²) in [5, 5.41) is 19.2. The van der Waals surface area contributed by atoms with E-state index < -0.39 is 5.60 Å².